The lowest BCUT2D eigenvalue weighted by molar-refractivity contribution is 0.0939. The van der Waals surface area contributed by atoms with E-state index >= 15 is 0 Å². The lowest BCUT2D eigenvalue weighted by Gasteiger charge is -2.19. The molecule has 0 aliphatic rings. The van der Waals surface area contributed by atoms with E-state index in [-0.39, 0.29) is 10.5 Å². The van der Waals surface area contributed by atoms with Gasteiger partial charge in [0.15, 0.2) is 0 Å². The molecule has 168 valence electrons. The number of para-hydroxylation sites is 1. The number of benzene rings is 3. The lowest BCUT2D eigenvalue weighted by atomic mass is 10.1. The molecule has 1 atom stereocenters. The van der Waals surface area contributed by atoms with Crippen LogP contribution in [-0.2, 0) is 10.0 Å². The number of ether oxygens (including phenoxy) is 2. The monoisotopic (exact) mass is 454 g/mol. The Morgan fingerprint density at radius 3 is 2.31 bits per heavy atom. The molecule has 0 heterocycles. The normalized spacial score (nSPS) is 12.0. The van der Waals surface area contributed by atoms with Crippen LogP contribution in [0, 0.1) is 6.92 Å². The topological polar surface area (TPSA) is 93.7 Å². The SMILES string of the molecule is COc1ccc(OC)c([C@H](C)NC(=O)c2ccc(C)c(S(=O)(=O)Nc3ccccc3)c2)c1. The summed E-state index contributed by atoms with van der Waals surface area (Å²) in [5.74, 6) is 0.842. The highest BCUT2D eigenvalue weighted by molar-refractivity contribution is 7.92. The van der Waals surface area contributed by atoms with Crippen LogP contribution in [0.25, 0.3) is 0 Å². The minimum atomic E-state index is -3.87. The van der Waals surface area contributed by atoms with Crippen molar-refractivity contribution < 1.29 is 22.7 Å². The van der Waals surface area contributed by atoms with Gasteiger partial charge < -0.3 is 14.8 Å². The predicted molar refractivity (Wildman–Crippen MR) is 124 cm³/mol. The third kappa shape index (κ3) is 5.20. The molecule has 0 bridgehead atoms. The standard InChI is InChI=1S/C24H26N2O5S/c1-16-10-11-18(14-23(16)32(28,29)26-19-8-6-5-7-9-19)24(27)25-17(2)21-15-20(30-3)12-13-22(21)31-4/h5-15,17,26H,1-4H3,(H,25,27)/t17-/m0/s1. The molecule has 0 aliphatic carbocycles. The van der Waals surface area contributed by atoms with Gasteiger partial charge in [-0.05, 0) is 61.9 Å². The fourth-order valence-electron chi connectivity index (χ4n) is 3.28. The van der Waals surface area contributed by atoms with Crippen molar-refractivity contribution in [1.82, 2.24) is 5.32 Å². The van der Waals surface area contributed by atoms with Gasteiger partial charge >= 0.3 is 0 Å². The number of hydrogen-bond acceptors (Lipinski definition) is 5. The summed E-state index contributed by atoms with van der Waals surface area (Å²) < 4.78 is 39.1. The smallest absolute Gasteiger partial charge is 0.262 e. The van der Waals surface area contributed by atoms with Crippen molar-refractivity contribution in [1.29, 1.82) is 0 Å². The van der Waals surface area contributed by atoms with Gasteiger partial charge in [0, 0.05) is 16.8 Å². The summed E-state index contributed by atoms with van der Waals surface area (Å²) in [5, 5.41) is 2.90. The minimum Gasteiger partial charge on any atom is -0.497 e. The van der Waals surface area contributed by atoms with Crippen molar-refractivity contribution in [2.75, 3.05) is 18.9 Å². The molecule has 7 nitrogen and oxygen atoms in total. The quantitative estimate of drug-likeness (QED) is 0.529. The summed E-state index contributed by atoms with van der Waals surface area (Å²) in [5.41, 5.74) is 1.96. The van der Waals surface area contributed by atoms with Crippen molar-refractivity contribution in [3.63, 3.8) is 0 Å². The number of sulfonamides is 1. The molecule has 3 rings (SSSR count). The summed E-state index contributed by atoms with van der Waals surface area (Å²) in [6.07, 6.45) is 0. The maximum Gasteiger partial charge on any atom is 0.262 e. The molecule has 0 spiro atoms. The highest BCUT2D eigenvalue weighted by Crippen LogP contribution is 2.29. The number of methoxy groups -OCH3 is 2. The van der Waals surface area contributed by atoms with Gasteiger partial charge in [-0.15, -0.1) is 0 Å². The highest BCUT2D eigenvalue weighted by atomic mass is 32.2. The molecule has 3 aromatic rings. The Bertz CT molecular complexity index is 1210. The van der Waals surface area contributed by atoms with Crippen molar-refractivity contribution in [3.05, 3.63) is 83.4 Å². The fraction of sp³-hybridized carbons (Fsp3) is 0.208. The van der Waals surface area contributed by atoms with Gasteiger partial charge in [-0.3, -0.25) is 9.52 Å². The second kappa shape index (κ2) is 9.74. The zero-order valence-corrected chi connectivity index (χ0v) is 19.2. The van der Waals surface area contributed by atoms with Crippen molar-refractivity contribution in [3.8, 4) is 11.5 Å². The van der Waals surface area contributed by atoms with E-state index in [0.717, 1.165) is 5.56 Å². The zero-order valence-electron chi connectivity index (χ0n) is 18.4. The minimum absolute atomic E-state index is 0.0422. The van der Waals surface area contributed by atoms with Crippen LogP contribution in [-0.4, -0.2) is 28.5 Å². The first-order valence-electron chi connectivity index (χ1n) is 9.96. The number of anilines is 1. The van der Waals surface area contributed by atoms with Crippen LogP contribution >= 0.6 is 0 Å². The van der Waals surface area contributed by atoms with Gasteiger partial charge in [0.2, 0.25) is 0 Å². The van der Waals surface area contributed by atoms with E-state index in [4.69, 9.17) is 9.47 Å². The van der Waals surface area contributed by atoms with Crippen LogP contribution in [0.5, 0.6) is 11.5 Å². The Kier molecular flexibility index (Phi) is 7.05. The van der Waals surface area contributed by atoms with Crippen molar-refractivity contribution in [2.45, 2.75) is 24.8 Å². The van der Waals surface area contributed by atoms with E-state index in [1.807, 2.05) is 6.92 Å². The molecule has 0 unspecified atom stereocenters. The molecule has 8 heteroatoms. The average molecular weight is 455 g/mol. The molecular formula is C24H26N2O5S. The van der Waals surface area contributed by atoms with E-state index in [1.54, 1.807) is 81.8 Å². The number of aryl methyl sites for hydroxylation is 1. The Hall–Kier alpha value is -3.52. The highest BCUT2D eigenvalue weighted by Gasteiger charge is 2.21. The maximum atomic E-state index is 12.9. The molecule has 32 heavy (non-hydrogen) atoms. The first kappa shape index (κ1) is 23.1. The molecule has 0 aromatic heterocycles. The first-order chi connectivity index (χ1) is 15.2. The van der Waals surface area contributed by atoms with E-state index in [0.29, 0.717) is 22.7 Å². The third-order valence-corrected chi connectivity index (χ3v) is 6.54. The lowest BCUT2D eigenvalue weighted by Crippen LogP contribution is -2.27. The van der Waals surface area contributed by atoms with E-state index in [2.05, 4.69) is 10.0 Å². The molecule has 0 radical (unpaired) electrons. The number of rotatable bonds is 8. The van der Waals surface area contributed by atoms with Crippen LogP contribution in [0.4, 0.5) is 5.69 Å². The third-order valence-electron chi connectivity index (χ3n) is 5.02. The van der Waals surface area contributed by atoms with Gasteiger partial charge in [0.25, 0.3) is 15.9 Å². The Morgan fingerprint density at radius 2 is 1.66 bits per heavy atom. The first-order valence-corrected chi connectivity index (χ1v) is 11.4. The van der Waals surface area contributed by atoms with Gasteiger partial charge in [-0.2, -0.15) is 0 Å². The largest absolute Gasteiger partial charge is 0.497 e. The summed E-state index contributed by atoms with van der Waals surface area (Å²) >= 11 is 0. The molecule has 2 N–H and O–H groups in total. The summed E-state index contributed by atoms with van der Waals surface area (Å²) in [4.78, 5) is 13.0. The number of hydrogen-bond donors (Lipinski definition) is 2. The number of nitrogens with one attached hydrogen (secondary N) is 2. The van der Waals surface area contributed by atoms with Gasteiger partial charge in [0.05, 0.1) is 25.2 Å². The molecule has 0 saturated carbocycles. The molecular weight excluding hydrogens is 428 g/mol. The maximum absolute atomic E-state index is 12.9. The van der Waals surface area contributed by atoms with Crippen molar-refractivity contribution in [2.24, 2.45) is 0 Å². The summed E-state index contributed by atoms with van der Waals surface area (Å²) in [6.45, 7) is 3.50. The van der Waals surface area contributed by atoms with Crippen molar-refractivity contribution >= 4 is 21.6 Å². The van der Waals surface area contributed by atoms with E-state index in [1.165, 1.54) is 6.07 Å². The second-order valence-corrected chi connectivity index (χ2v) is 8.91. The Morgan fingerprint density at radius 1 is 0.938 bits per heavy atom. The summed E-state index contributed by atoms with van der Waals surface area (Å²) in [7, 11) is -0.752. The Labute approximate surface area is 188 Å². The molecule has 0 saturated heterocycles. The number of amides is 1. The van der Waals surface area contributed by atoms with Crippen LogP contribution in [0.1, 0.15) is 34.5 Å². The van der Waals surface area contributed by atoms with Crippen LogP contribution < -0.4 is 19.5 Å². The van der Waals surface area contributed by atoms with E-state index in [9.17, 15) is 13.2 Å². The summed E-state index contributed by atoms with van der Waals surface area (Å²) in [6, 6.07) is 18.1. The van der Waals surface area contributed by atoms with Gasteiger partial charge in [-0.25, -0.2) is 8.42 Å². The molecule has 0 aliphatic heterocycles. The molecule has 0 fully saturated rings. The van der Waals surface area contributed by atoms with Crippen LogP contribution in [0.15, 0.2) is 71.6 Å². The molecule has 3 aromatic carbocycles. The number of carbonyl (C=O) groups excluding carboxylic acids is 1. The van der Waals surface area contributed by atoms with E-state index < -0.39 is 22.0 Å². The fourth-order valence-corrected chi connectivity index (χ4v) is 4.61. The van der Waals surface area contributed by atoms with Crippen LogP contribution in [0.2, 0.25) is 0 Å². The second-order valence-electron chi connectivity index (χ2n) is 7.25. The van der Waals surface area contributed by atoms with Gasteiger partial charge in [0.1, 0.15) is 11.5 Å². The van der Waals surface area contributed by atoms with Gasteiger partial charge in [-0.1, -0.05) is 24.3 Å². The number of carbonyl (C=O) groups is 1. The van der Waals surface area contributed by atoms with Crippen LogP contribution in [0.3, 0.4) is 0 Å². The molecule has 1 amide bonds. The average Bonchev–Trinajstić information content (AvgIpc) is 2.79. The predicted octanol–water partition coefficient (Wildman–Crippen LogP) is 4.30. The Balaban J connectivity index is 1.85. The zero-order chi connectivity index (χ0) is 23.3.